The van der Waals surface area contributed by atoms with Crippen molar-refractivity contribution in [1.29, 1.82) is 0 Å². The Hall–Kier alpha value is -0.990. The van der Waals surface area contributed by atoms with Crippen LogP contribution in [0.2, 0.25) is 0 Å². The number of carboxylic acids is 1. The zero-order valence-corrected chi connectivity index (χ0v) is 11.4. The lowest BCUT2D eigenvalue weighted by Crippen LogP contribution is -2.34. The van der Waals surface area contributed by atoms with E-state index in [4.69, 9.17) is 5.11 Å². The third-order valence-electron chi connectivity index (χ3n) is 2.76. The standard InChI is InChI=1S/C10H14N2O4S2/c1-12-5-8(4-9(12)10(13)14)18(15,16)11-7-2-3-17-6-7/h4-5,7,11H,2-3,6H2,1H3,(H,13,14). The first-order valence-electron chi connectivity index (χ1n) is 5.40. The van der Waals surface area contributed by atoms with E-state index in [0.717, 1.165) is 17.9 Å². The summed E-state index contributed by atoms with van der Waals surface area (Å²) in [5.41, 5.74) is -0.0452. The molecule has 1 unspecified atom stereocenters. The van der Waals surface area contributed by atoms with E-state index in [1.807, 2.05) is 0 Å². The van der Waals surface area contributed by atoms with Crippen LogP contribution in [0.5, 0.6) is 0 Å². The van der Waals surface area contributed by atoms with Crippen LogP contribution in [0.1, 0.15) is 16.9 Å². The van der Waals surface area contributed by atoms with Gasteiger partial charge in [-0.05, 0) is 18.2 Å². The predicted molar refractivity (Wildman–Crippen MR) is 68.4 cm³/mol. The molecule has 1 saturated heterocycles. The minimum absolute atomic E-state index is 0.000648. The first-order valence-corrected chi connectivity index (χ1v) is 8.03. The summed E-state index contributed by atoms with van der Waals surface area (Å²) in [6.07, 6.45) is 2.12. The number of aryl methyl sites for hydroxylation is 1. The highest BCUT2D eigenvalue weighted by Gasteiger charge is 2.25. The molecule has 2 heterocycles. The topological polar surface area (TPSA) is 88.4 Å². The van der Waals surface area contributed by atoms with Crippen molar-refractivity contribution in [2.75, 3.05) is 11.5 Å². The average Bonchev–Trinajstić information content (AvgIpc) is 2.86. The summed E-state index contributed by atoms with van der Waals surface area (Å²) in [7, 11) is -2.12. The maximum atomic E-state index is 12.0. The molecule has 1 aliphatic rings. The van der Waals surface area contributed by atoms with Crippen molar-refractivity contribution >= 4 is 27.8 Å². The van der Waals surface area contributed by atoms with Crippen LogP contribution in [0.15, 0.2) is 17.2 Å². The number of hydrogen-bond acceptors (Lipinski definition) is 4. The molecule has 0 radical (unpaired) electrons. The predicted octanol–water partition coefficient (Wildman–Crippen LogP) is 0.507. The molecule has 0 aromatic carbocycles. The van der Waals surface area contributed by atoms with Gasteiger partial charge in [-0.2, -0.15) is 11.8 Å². The lowest BCUT2D eigenvalue weighted by atomic mass is 10.3. The van der Waals surface area contributed by atoms with E-state index < -0.39 is 16.0 Å². The van der Waals surface area contributed by atoms with Gasteiger partial charge in [0.15, 0.2) is 0 Å². The fourth-order valence-corrected chi connectivity index (χ4v) is 4.41. The van der Waals surface area contributed by atoms with Gasteiger partial charge in [0, 0.05) is 25.0 Å². The van der Waals surface area contributed by atoms with Crippen LogP contribution in [0.4, 0.5) is 0 Å². The van der Waals surface area contributed by atoms with Gasteiger partial charge in [0.1, 0.15) is 10.6 Å². The summed E-state index contributed by atoms with van der Waals surface area (Å²) in [6.45, 7) is 0. The number of nitrogens with one attached hydrogen (secondary N) is 1. The molecule has 1 atom stereocenters. The minimum Gasteiger partial charge on any atom is -0.477 e. The van der Waals surface area contributed by atoms with Crippen LogP contribution in [-0.2, 0) is 17.1 Å². The molecule has 1 aromatic heterocycles. The third-order valence-corrected chi connectivity index (χ3v) is 5.41. The number of thioether (sulfide) groups is 1. The highest BCUT2D eigenvalue weighted by molar-refractivity contribution is 7.99. The second-order valence-electron chi connectivity index (χ2n) is 4.16. The molecule has 6 nitrogen and oxygen atoms in total. The smallest absolute Gasteiger partial charge is 0.352 e. The van der Waals surface area contributed by atoms with Crippen LogP contribution in [-0.4, -0.2) is 41.6 Å². The number of carboxylic acid groups (broad SMARTS) is 1. The maximum absolute atomic E-state index is 12.0. The highest BCUT2D eigenvalue weighted by Crippen LogP contribution is 2.20. The number of carbonyl (C=O) groups is 1. The number of rotatable bonds is 4. The molecule has 0 bridgehead atoms. The van der Waals surface area contributed by atoms with Crippen LogP contribution >= 0.6 is 11.8 Å². The van der Waals surface area contributed by atoms with E-state index in [1.165, 1.54) is 23.9 Å². The number of sulfonamides is 1. The summed E-state index contributed by atoms with van der Waals surface area (Å²) >= 11 is 1.71. The first-order chi connectivity index (χ1) is 8.40. The largest absolute Gasteiger partial charge is 0.477 e. The Morgan fingerprint density at radius 2 is 2.33 bits per heavy atom. The third kappa shape index (κ3) is 2.70. The minimum atomic E-state index is -3.63. The maximum Gasteiger partial charge on any atom is 0.352 e. The van der Waals surface area contributed by atoms with E-state index in [-0.39, 0.29) is 16.6 Å². The van der Waals surface area contributed by atoms with Crippen molar-refractivity contribution in [2.24, 2.45) is 7.05 Å². The second kappa shape index (κ2) is 4.94. The molecule has 100 valence electrons. The molecule has 18 heavy (non-hydrogen) atoms. The summed E-state index contributed by atoms with van der Waals surface area (Å²) < 4.78 is 28.0. The Morgan fingerprint density at radius 1 is 1.61 bits per heavy atom. The Morgan fingerprint density at radius 3 is 2.83 bits per heavy atom. The van der Waals surface area contributed by atoms with Gasteiger partial charge in [-0.15, -0.1) is 0 Å². The first kappa shape index (κ1) is 13.4. The zero-order valence-electron chi connectivity index (χ0n) is 9.79. The van der Waals surface area contributed by atoms with E-state index >= 15 is 0 Å². The van der Waals surface area contributed by atoms with Crippen LogP contribution in [0.3, 0.4) is 0 Å². The fourth-order valence-electron chi connectivity index (χ4n) is 1.81. The quantitative estimate of drug-likeness (QED) is 0.843. The summed E-state index contributed by atoms with van der Waals surface area (Å²) in [5, 5.41) is 8.89. The molecule has 8 heteroatoms. The molecule has 0 saturated carbocycles. The van der Waals surface area contributed by atoms with E-state index in [2.05, 4.69) is 4.72 Å². The van der Waals surface area contributed by atoms with E-state index in [1.54, 1.807) is 11.8 Å². The van der Waals surface area contributed by atoms with Gasteiger partial charge in [0.05, 0.1) is 0 Å². The van der Waals surface area contributed by atoms with Crippen molar-refractivity contribution in [2.45, 2.75) is 17.4 Å². The number of aromatic carboxylic acids is 1. The van der Waals surface area contributed by atoms with Gasteiger partial charge >= 0.3 is 5.97 Å². The SMILES string of the molecule is Cn1cc(S(=O)(=O)NC2CCSC2)cc1C(=O)O. The van der Waals surface area contributed by atoms with Crippen LogP contribution in [0, 0.1) is 0 Å². The molecular formula is C10H14N2O4S2. The molecule has 1 fully saturated rings. The van der Waals surface area contributed by atoms with Gasteiger partial charge < -0.3 is 9.67 Å². The highest BCUT2D eigenvalue weighted by atomic mass is 32.2. The normalized spacial score (nSPS) is 20.2. The van der Waals surface area contributed by atoms with Gasteiger partial charge in [-0.1, -0.05) is 0 Å². The van der Waals surface area contributed by atoms with Crippen LogP contribution < -0.4 is 4.72 Å². The zero-order chi connectivity index (χ0) is 13.3. The fraction of sp³-hybridized carbons (Fsp3) is 0.500. The van der Waals surface area contributed by atoms with Gasteiger partial charge in [-0.3, -0.25) is 0 Å². The Kier molecular flexibility index (Phi) is 3.69. The lowest BCUT2D eigenvalue weighted by molar-refractivity contribution is 0.0686. The van der Waals surface area contributed by atoms with Crippen LogP contribution in [0.25, 0.3) is 0 Å². The van der Waals surface area contributed by atoms with Gasteiger partial charge in [0.25, 0.3) is 0 Å². The summed E-state index contributed by atoms with van der Waals surface area (Å²) in [4.78, 5) is 10.9. The number of aromatic nitrogens is 1. The molecule has 0 spiro atoms. The Bertz CT molecular complexity index is 558. The molecule has 1 aliphatic heterocycles. The second-order valence-corrected chi connectivity index (χ2v) is 7.02. The molecular weight excluding hydrogens is 276 g/mol. The lowest BCUT2D eigenvalue weighted by Gasteiger charge is -2.10. The van der Waals surface area contributed by atoms with Gasteiger partial charge in [0.2, 0.25) is 10.0 Å². The molecule has 0 amide bonds. The van der Waals surface area contributed by atoms with E-state index in [0.29, 0.717) is 0 Å². The van der Waals surface area contributed by atoms with Crippen molar-refractivity contribution in [3.63, 3.8) is 0 Å². The Labute approximate surface area is 109 Å². The molecule has 1 aromatic rings. The monoisotopic (exact) mass is 290 g/mol. The molecule has 2 rings (SSSR count). The van der Waals surface area contributed by atoms with Crippen molar-refractivity contribution in [3.05, 3.63) is 18.0 Å². The number of hydrogen-bond donors (Lipinski definition) is 2. The van der Waals surface area contributed by atoms with E-state index in [9.17, 15) is 13.2 Å². The summed E-state index contributed by atoms with van der Waals surface area (Å²) in [5.74, 6) is 0.565. The average molecular weight is 290 g/mol. The van der Waals surface area contributed by atoms with Crippen molar-refractivity contribution < 1.29 is 18.3 Å². The van der Waals surface area contributed by atoms with Gasteiger partial charge in [-0.25, -0.2) is 17.9 Å². The molecule has 2 N–H and O–H groups in total. The number of nitrogens with zero attached hydrogens (tertiary/aromatic N) is 1. The Balaban J connectivity index is 2.24. The van der Waals surface area contributed by atoms with Crippen molar-refractivity contribution in [1.82, 2.24) is 9.29 Å². The summed E-state index contributed by atoms with van der Waals surface area (Å²) in [6, 6.07) is 1.11. The molecule has 0 aliphatic carbocycles. The van der Waals surface area contributed by atoms with Crippen molar-refractivity contribution in [3.8, 4) is 0 Å².